The topological polar surface area (TPSA) is 68.6 Å². The number of hydrogen-bond acceptors (Lipinski definition) is 4. The van der Waals surface area contributed by atoms with Gasteiger partial charge in [0, 0.05) is 19.2 Å². The minimum Gasteiger partial charge on any atom is -0.341 e. The van der Waals surface area contributed by atoms with Gasteiger partial charge in [-0.05, 0) is 49.4 Å². The molecule has 0 amide bonds. The Morgan fingerprint density at radius 3 is 3.04 bits per heavy atom. The molecule has 1 aromatic carbocycles. The number of para-hydroxylation sites is 2. The van der Waals surface area contributed by atoms with Crippen LogP contribution in [0.2, 0.25) is 0 Å². The van der Waals surface area contributed by atoms with Crippen molar-refractivity contribution >= 4 is 11.0 Å². The van der Waals surface area contributed by atoms with E-state index in [2.05, 4.69) is 28.1 Å². The molecule has 1 aliphatic rings. The first-order valence-electron chi connectivity index (χ1n) is 9.33. The molecule has 0 unspecified atom stereocenters. The highest BCUT2D eigenvalue weighted by molar-refractivity contribution is 5.74. The smallest absolute Gasteiger partial charge is 0.121 e. The zero-order chi connectivity index (χ0) is 17.8. The number of H-pyrrole nitrogens is 1. The molecule has 0 aliphatic heterocycles. The van der Waals surface area contributed by atoms with E-state index in [1.807, 2.05) is 30.5 Å². The number of fused-ring (bicyclic) bond motifs is 2. The van der Waals surface area contributed by atoms with Crippen molar-refractivity contribution in [2.75, 3.05) is 6.54 Å². The van der Waals surface area contributed by atoms with Crippen LogP contribution >= 0.6 is 0 Å². The molecule has 132 valence electrons. The molecule has 1 N–H and O–H groups in total. The van der Waals surface area contributed by atoms with Gasteiger partial charge < -0.3 is 4.98 Å². The van der Waals surface area contributed by atoms with Gasteiger partial charge in [-0.2, -0.15) is 5.26 Å². The molecule has 0 bridgehead atoms. The van der Waals surface area contributed by atoms with E-state index in [1.165, 1.54) is 17.7 Å². The molecule has 0 saturated heterocycles. The van der Waals surface area contributed by atoms with Crippen molar-refractivity contribution < 1.29 is 0 Å². The quantitative estimate of drug-likeness (QED) is 0.682. The van der Waals surface area contributed by atoms with Crippen LogP contribution in [0.25, 0.3) is 11.0 Å². The molecule has 2 heterocycles. The summed E-state index contributed by atoms with van der Waals surface area (Å²) in [5.41, 5.74) is 4.63. The monoisotopic (exact) mass is 345 g/mol. The first-order chi connectivity index (χ1) is 12.8. The molecule has 5 nitrogen and oxygen atoms in total. The average Bonchev–Trinajstić information content (AvgIpc) is 3.09. The SMILES string of the molecule is N#CCCCN(Cc1nc2ccccc2[nH]1)[C@H]1CCCc2cccnc21. The molecule has 5 heteroatoms. The number of nitrogens with one attached hydrogen (secondary N) is 1. The third kappa shape index (κ3) is 3.47. The summed E-state index contributed by atoms with van der Waals surface area (Å²) in [7, 11) is 0. The van der Waals surface area contributed by atoms with Crippen LogP contribution in [0.4, 0.5) is 0 Å². The van der Waals surface area contributed by atoms with Crippen LogP contribution < -0.4 is 0 Å². The van der Waals surface area contributed by atoms with E-state index in [-0.39, 0.29) is 0 Å². The summed E-state index contributed by atoms with van der Waals surface area (Å²) < 4.78 is 0. The van der Waals surface area contributed by atoms with Gasteiger partial charge >= 0.3 is 0 Å². The van der Waals surface area contributed by atoms with Crippen LogP contribution in [-0.2, 0) is 13.0 Å². The van der Waals surface area contributed by atoms with Crippen LogP contribution in [0.3, 0.4) is 0 Å². The van der Waals surface area contributed by atoms with Gasteiger partial charge in [0.15, 0.2) is 0 Å². The summed E-state index contributed by atoms with van der Waals surface area (Å²) >= 11 is 0. The Labute approximate surface area is 153 Å². The summed E-state index contributed by atoms with van der Waals surface area (Å²) in [4.78, 5) is 15.3. The third-order valence-corrected chi connectivity index (χ3v) is 5.13. The van der Waals surface area contributed by atoms with E-state index < -0.39 is 0 Å². The molecule has 4 rings (SSSR count). The van der Waals surface area contributed by atoms with Gasteiger partial charge in [-0.15, -0.1) is 0 Å². The lowest BCUT2D eigenvalue weighted by molar-refractivity contribution is 0.161. The van der Waals surface area contributed by atoms with Crippen molar-refractivity contribution in [1.29, 1.82) is 5.26 Å². The minimum atomic E-state index is 0.298. The maximum Gasteiger partial charge on any atom is 0.121 e. The molecule has 1 aliphatic carbocycles. The predicted molar refractivity (Wildman–Crippen MR) is 101 cm³/mol. The van der Waals surface area contributed by atoms with E-state index in [0.717, 1.165) is 49.2 Å². The van der Waals surface area contributed by atoms with Gasteiger partial charge in [-0.3, -0.25) is 9.88 Å². The average molecular weight is 345 g/mol. The number of aryl methyl sites for hydroxylation is 1. The first kappa shape index (κ1) is 16.7. The summed E-state index contributed by atoms with van der Waals surface area (Å²) in [5.74, 6) is 0.978. The van der Waals surface area contributed by atoms with Crippen LogP contribution in [0.15, 0.2) is 42.6 Å². The fourth-order valence-corrected chi connectivity index (χ4v) is 3.92. The number of hydrogen-bond donors (Lipinski definition) is 1. The number of rotatable bonds is 6. The highest BCUT2D eigenvalue weighted by atomic mass is 15.2. The fourth-order valence-electron chi connectivity index (χ4n) is 3.92. The van der Waals surface area contributed by atoms with Crippen molar-refractivity contribution in [3.8, 4) is 6.07 Å². The highest BCUT2D eigenvalue weighted by Gasteiger charge is 2.27. The Hall–Kier alpha value is -2.71. The number of aromatic nitrogens is 3. The molecule has 2 aromatic heterocycles. The van der Waals surface area contributed by atoms with Crippen LogP contribution in [0.5, 0.6) is 0 Å². The number of pyridine rings is 1. The van der Waals surface area contributed by atoms with Crippen molar-refractivity contribution in [1.82, 2.24) is 19.9 Å². The minimum absolute atomic E-state index is 0.298. The summed E-state index contributed by atoms with van der Waals surface area (Å²) in [6, 6.07) is 14.9. The molecule has 1 atom stereocenters. The number of unbranched alkanes of at least 4 members (excludes halogenated alkanes) is 1. The third-order valence-electron chi connectivity index (χ3n) is 5.13. The largest absolute Gasteiger partial charge is 0.341 e. The second-order valence-corrected chi connectivity index (χ2v) is 6.89. The predicted octanol–water partition coefficient (Wildman–Crippen LogP) is 4.14. The second kappa shape index (κ2) is 7.67. The summed E-state index contributed by atoms with van der Waals surface area (Å²) in [6.45, 7) is 1.63. The molecule has 0 saturated carbocycles. The Morgan fingerprint density at radius 1 is 1.23 bits per heavy atom. The van der Waals surface area contributed by atoms with E-state index in [4.69, 9.17) is 15.2 Å². The molecule has 3 aromatic rings. The van der Waals surface area contributed by atoms with Gasteiger partial charge in [0.1, 0.15) is 5.82 Å². The fraction of sp³-hybridized carbons (Fsp3) is 0.381. The van der Waals surface area contributed by atoms with Crippen molar-refractivity contribution in [3.63, 3.8) is 0 Å². The van der Waals surface area contributed by atoms with Crippen LogP contribution in [0, 0.1) is 11.3 Å². The molecule has 0 radical (unpaired) electrons. The number of nitriles is 1. The van der Waals surface area contributed by atoms with Crippen molar-refractivity contribution in [3.05, 3.63) is 59.7 Å². The van der Waals surface area contributed by atoms with E-state index in [0.29, 0.717) is 12.5 Å². The lowest BCUT2D eigenvalue weighted by Gasteiger charge is -2.34. The highest BCUT2D eigenvalue weighted by Crippen LogP contribution is 2.33. The normalized spacial score (nSPS) is 16.5. The number of imidazole rings is 1. The molecular weight excluding hydrogens is 322 g/mol. The first-order valence-corrected chi connectivity index (χ1v) is 9.33. The van der Waals surface area contributed by atoms with E-state index in [9.17, 15) is 0 Å². The standard InChI is InChI=1S/C21H23N5/c22-12-3-4-14-26(15-20-24-17-9-1-2-10-18(17)25-20)19-11-5-7-16-8-6-13-23-21(16)19/h1-2,6,8-10,13,19H,3-5,7,11,14-15H2,(H,24,25)/t19-/m0/s1. The Morgan fingerprint density at radius 2 is 2.15 bits per heavy atom. The summed E-state index contributed by atoms with van der Waals surface area (Å²) in [6.07, 6.45) is 6.74. The lowest BCUT2D eigenvalue weighted by atomic mass is 9.90. The summed E-state index contributed by atoms with van der Waals surface area (Å²) in [5, 5.41) is 8.93. The zero-order valence-electron chi connectivity index (χ0n) is 14.9. The van der Waals surface area contributed by atoms with E-state index in [1.54, 1.807) is 0 Å². The second-order valence-electron chi connectivity index (χ2n) is 6.89. The lowest BCUT2D eigenvalue weighted by Crippen LogP contribution is -2.33. The Balaban J connectivity index is 1.61. The molecule has 0 spiro atoms. The van der Waals surface area contributed by atoms with Gasteiger partial charge in [0.05, 0.1) is 35.4 Å². The number of benzene rings is 1. The maximum absolute atomic E-state index is 8.93. The van der Waals surface area contributed by atoms with Crippen LogP contribution in [0.1, 0.15) is 48.8 Å². The Kier molecular flexibility index (Phi) is 4.94. The van der Waals surface area contributed by atoms with Gasteiger partial charge in [-0.25, -0.2) is 4.98 Å². The van der Waals surface area contributed by atoms with Gasteiger partial charge in [0.2, 0.25) is 0 Å². The van der Waals surface area contributed by atoms with Gasteiger partial charge in [-0.1, -0.05) is 18.2 Å². The number of nitrogens with zero attached hydrogens (tertiary/aromatic N) is 4. The van der Waals surface area contributed by atoms with Crippen molar-refractivity contribution in [2.24, 2.45) is 0 Å². The maximum atomic E-state index is 8.93. The van der Waals surface area contributed by atoms with E-state index >= 15 is 0 Å². The number of aromatic amines is 1. The molecule has 26 heavy (non-hydrogen) atoms. The molecular formula is C21H23N5. The Bertz CT molecular complexity index is 890. The molecule has 0 fully saturated rings. The zero-order valence-corrected chi connectivity index (χ0v) is 14.9. The van der Waals surface area contributed by atoms with Gasteiger partial charge in [0.25, 0.3) is 0 Å². The van der Waals surface area contributed by atoms with Crippen molar-refractivity contribution in [2.45, 2.75) is 44.7 Å². The van der Waals surface area contributed by atoms with Crippen LogP contribution in [-0.4, -0.2) is 26.4 Å².